The van der Waals surface area contributed by atoms with Gasteiger partial charge in [-0.05, 0) is 30.0 Å². The van der Waals surface area contributed by atoms with Gasteiger partial charge in [-0.2, -0.15) is 0 Å². The molecule has 1 aromatic rings. The molecule has 2 heterocycles. The molecular formula is C17H24N2. The van der Waals surface area contributed by atoms with E-state index in [2.05, 4.69) is 62.8 Å². The predicted molar refractivity (Wildman–Crippen MR) is 82.5 cm³/mol. The van der Waals surface area contributed by atoms with Crippen molar-refractivity contribution in [3.05, 3.63) is 35.7 Å². The quantitative estimate of drug-likeness (QED) is 0.797. The fourth-order valence-corrected chi connectivity index (χ4v) is 2.24. The van der Waals surface area contributed by atoms with Crippen LogP contribution in [0.4, 0.5) is 0 Å². The molecule has 0 bridgehead atoms. The summed E-state index contributed by atoms with van der Waals surface area (Å²) in [5.41, 5.74) is 4.92. The van der Waals surface area contributed by atoms with E-state index in [1.165, 1.54) is 16.8 Å². The summed E-state index contributed by atoms with van der Waals surface area (Å²) in [4.78, 5) is 9.21. The van der Waals surface area contributed by atoms with E-state index in [0.29, 0.717) is 5.92 Å². The average Bonchev–Trinajstić information content (AvgIpc) is 2.78. The van der Waals surface area contributed by atoms with Crippen molar-refractivity contribution in [1.29, 1.82) is 0 Å². The summed E-state index contributed by atoms with van der Waals surface area (Å²) in [7, 11) is 0. The zero-order valence-electron chi connectivity index (χ0n) is 12.7. The maximum Gasteiger partial charge on any atom is 0.0681 e. The standard InChI is InChI=1S/C17H24N2/c1-12(2)8-13-6-7-15(18-10-13)14-9-16(19-11-14)17(3,4)5/h6-7,9-10,12H,8,11H2,1-5H3. The van der Waals surface area contributed by atoms with Gasteiger partial charge in [0.05, 0.1) is 12.2 Å². The van der Waals surface area contributed by atoms with Gasteiger partial charge in [-0.1, -0.05) is 40.7 Å². The summed E-state index contributed by atoms with van der Waals surface area (Å²) < 4.78 is 0. The Labute approximate surface area is 116 Å². The highest BCUT2D eigenvalue weighted by atomic mass is 14.8. The molecule has 0 fully saturated rings. The molecule has 19 heavy (non-hydrogen) atoms. The Morgan fingerprint density at radius 3 is 2.42 bits per heavy atom. The number of allylic oxidation sites excluding steroid dienone is 1. The van der Waals surface area contributed by atoms with Crippen molar-refractivity contribution in [3.63, 3.8) is 0 Å². The topological polar surface area (TPSA) is 25.2 Å². The molecule has 1 aliphatic rings. The number of nitrogens with zero attached hydrogens (tertiary/aromatic N) is 2. The van der Waals surface area contributed by atoms with Crippen molar-refractivity contribution in [2.45, 2.75) is 41.0 Å². The summed E-state index contributed by atoms with van der Waals surface area (Å²) >= 11 is 0. The number of pyridine rings is 1. The van der Waals surface area contributed by atoms with E-state index < -0.39 is 0 Å². The van der Waals surface area contributed by atoms with Crippen molar-refractivity contribution >= 4 is 11.3 Å². The van der Waals surface area contributed by atoms with Crippen molar-refractivity contribution in [2.75, 3.05) is 6.54 Å². The van der Waals surface area contributed by atoms with Gasteiger partial charge >= 0.3 is 0 Å². The second-order valence-electron chi connectivity index (χ2n) is 6.77. The smallest absolute Gasteiger partial charge is 0.0681 e. The van der Waals surface area contributed by atoms with E-state index in [4.69, 9.17) is 0 Å². The first kappa shape index (κ1) is 14.0. The predicted octanol–water partition coefficient (Wildman–Crippen LogP) is 4.16. The van der Waals surface area contributed by atoms with Crippen LogP contribution in [0, 0.1) is 11.3 Å². The van der Waals surface area contributed by atoms with E-state index in [0.717, 1.165) is 18.7 Å². The molecule has 0 aliphatic carbocycles. The lowest BCUT2D eigenvalue weighted by Crippen LogP contribution is -2.16. The van der Waals surface area contributed by atoms with E-state index in [1.54, 1.807) is 0 Å². The highest BCUT2D eigenvalue weighted by Crippen LogP contribution is 2.26. The van der Waals surface area contributed by atoms with Crippen molar-refractivity contribution in [2.24, 2.45) is 16.3 Å². The number of aromatic nitrogens is 1. The van der Waals surface area contributed by atoms with Crippen LogP contribution in [0.5, 0.6) is 0 Å². The first-order chi connectivity index (χ1) is 8.86. The van der Waals surface area contributed by atoms with Crippen LogP contribution in [-0.2, 0) is 6.42 Å². The van der Waals surface area contributed by atoms with Crippen molar-refractivity contribution in [1.82, 2.24) is 4.98 Å². The fourth-order valence-electron chi connectivity index (χ4n) is 2.24. The molecule has 0 radical (unpaired) electrons. The van der Waals surface area contributed by atoms with Crippen LogP contribution < -0.4 is 0 Å². The molecule has 0 spiro atoms. The minimum absolute atomic E-state index is 0.124. The van der Waals surface area contributed by atoms with E-state index >= 15 is 0 Å². The lowest BCUT2D eigenvalue weighted by atomic mass is 9.89. The summed E-state index contributed by atoms with van der Waals surface area (Å²) in [6, 6.07) is 4.32. The highest BCUT2D eigenvalue weighted by Gasteiger charge is 2.21. The fraction of sp³-hybridized carbons (Fsp3) is 0.529. The van der Waals surface area contributed by atoms with Gasteiger partial charge in [-0.25, -0.2) is 0 Å². The molecule has 0 saturated heterocycles. The van der Waals surface area contributed by atoms with E-state index in [-0.39, 0.29) is 5.41 Å². The van der Waals surface area contributed by atoms with Crippen LogP contribution in [-0.4, -0.2) is 17.2 Å². The Morgan fingerprint density at radius 1 is 1.21 bits per heavy atom. The monoisotopic (exact) mass is 256 g/mol. The van der Waals surface area contributed by atoms with Crippen LogP contribution in [0.3, 0.4) is 0 Å². The average molecular weight is 256 g/mol. The molecule has 2 heteroatoms. The van der Waals surface area contributed by atoms with Gasteiger partial charge in [0.15, 0.2) is 0 Å². The Hall–Kier alpha value is -1.44. The first-order valence-electron chi connectivity index (χ1n) is 7.07. The Morgan fingerprint density at radius 2 is 1.95 bits per heavy atom. The Bertz CT molecular complexity index is 499. The molecule has 1 aliphatic heterocycles. The summed E-state index contributed by atoms with van der Waals surface area (Å²) in [5, 5.41) is 0. The summed E-state index contributed by atoms with van der Waals surface area (Å²) in [6.45, 7) is 11.8. The number of aliphatic imine (C=N–C) groups is 1. The van der Waals surface area contributed by atoms with E-state index in [9.17, 15) is 0 Å². The lowest BCUT2D eigenvalue weighted by molar-refractivity contribution is 0.594. The van der Waals surface area contributed by atoms with Crippen LogP contribution in [0.1, 0.15) is 45.9 Å². The molecule has 0 saturated carbocycles. The van der Waals surface area contributed by atoms with Gasteiger partial charge in [-0.3, -0.25) is 9.98 Å². The molecule has 0 N–H and O–H groups in total. The molecule has 0 atom stereocenters. The van der Waals surface area contributed by atoms with Crippen molar-refractivity contribution < 1.29 is 0 Å². The third-order valence-electron chi connectivity index (χ3n) is 3.30. The maximum atomic E-state index is 4.62. The maximum absolute atomic E-state index is 4.62. The largest absolute Gasteiger partial charge is 0.284 e. The highest BCUT2D eigenvalue weighted by molar-refractivity contribution is 6.07. The Balaban J connectivity index is 2.13. The first-order valence-corrected chi connectivity index (χ1v) is 7.07. The van der Waals surface area contributed by atoms with Gasteiger partial charge in [0.25, 0.3) is 0 Å². The van der Waals surface area contributed by atoms with Crippen LogP contribution in [0.15, 0.2) is 29.4 Å². The van der Waals surface area contributed by atoms with Gasteiger partial charge in [0, 0.05) is 22.9 Å². The van der Waals surface area contributed by atoms with Crippen LogP contribution in [0.2, 0.25) is 0 Å². The third kappa shape index (κ3) is 3.52. The molecule has 2 rings (SSSR count). The molecular weight excluding hydrogens is 232 g/mol. The molecule has 2 nitrogen and oxygen atoms in total. The number of rotatable bonds is 3. The second kappa shape index (κ2) is 5.28. The second-order valence-corrected chi connectivity index (χ2v) is 6.77. The third-order valence-corrected chi connectivity index (χ3v) is 3.30. The summed E-state index contributed by atoms with van der Waals surface area (Å²) in [5.74, 6) is 0.675. The molecule has 0 amide bonds. The van der Waals surface area contributed by atoms with Crippen molar-refractivity contribution in [3.8, 4) is 0 Å². The number of hydrogen-bond donors (Lipinski definition) is 0. The number of hydrogen-bond acceptors (Lipinski definition) is 2. The van der Waals surface area contributed by atoms with E-state index in [1.807, 2.05) is 6.20 Å². The SMILES string of the molecule is CC(C)Cc1ccc(C2=CC(C(C)(C)C)=NC2)nc1. The molecule has 0 aromatic carbocycles. The molecule has 0 unspecified atom stereocenters. The van der Waals surface area contributed by atoms with Gasteiger partial charge in [0.2, 0.25) is 0 Å². The Kier molecular flexibility index (Phi) is 3.88. The van der Waals surface area contributed by atoms with Gasteiger partial charge in [0.1, 0.15) is 0 Å². The van der Waals surface area contributed by atoms with Gasteiger partial charge in [-0.15, -0.1) is 0 Å². The van der Waals surface area contributed by atoms with Crippen LogP contribution >= 0.6 is 0 Å². The minimum Gasteiger partial charge on any atom is -0.284 e. The normalized spacial score (nSPS) is 15.7. The summed E-state index contributed by atoms with van der Waals surface area (Å²) in [6.07, 6.45) is 5.30. The zero-order valence-corrected chi connectivity index (χ0v) is 12.7. The molecule has 102 valence electrons. The molecule has 1 aromatic heterocycles. The minimum atomic E-state index is 0.124. The lowest BCUT2D eigenvalue weighted by Gasteiger charge is -2.16. The van der Waals surface area contributed by atoms with Gasteiger partial charge < -0.3 is 0 Å². The van der Waals surface area contributed by atoms with Crippen LogP contribution in [0.25, 0.3) is 5.57 Å². The zero-order chi connectivity index (χ0) is 14.0.